The van der Waals surface area contributed by atoms with E-state index < -0.39 is 43.2 Å². The number of rotatable bonds is 9. The summed E-state index contributed by atoms with van der Waals surface area (Å²) in [4.78, 5) is 17.1. The average Bonchev–Trinajstić information content (AvgIpc) is 3.23. The molecule has 12 heteroatoms. The van der Waals surface area contributed by atoms with Crippen molar-refractivity contribution in [2.24, 2.45) is 0 Å². The third kappa shape index (κ3) is 5.81. The van der Waals surface area contributed by atoms with Crippen LogP contribution in [0.4, 0.5) is 0 Å². The van der Waals surface area contributed by atoms with Crippen LogP contribution in [-0.2, 0) is 4.74 Å². The molecule has 178 valence electrons. The maximum absolute atomic E-state index is 12.7. The van der Waals surface area contributed by atoms with E-state index >= 15 is 0 Å². The fourth-order valence-electron chi connectivity index (χ4n) is 3.03. The molecule has 2 aromatic carbocycles. The lowest BCUT2D eigenvalue weighted by Crippen LogP contribution is -2.54. The van der Waals surface area contributed by atoms with E-state index in [9.17, 15) is 25.2 Å². The van der Waals surface area contributed by atoms with E-state index in [-0.39, 0.29) is 17.0 Å². The van der Waals surface area contributed by atoms with Crippen LogP contribution < -0.4 is 5.31 Å². The fourth-order valence-corrected chi connectivity index (χ4v) is 3.55. The molecule has 1 aromatic heterocycles. The number of aromatic nitrogens is 1. The molecule has 3 aromatic rings. The Balaban J connectivity index is 1.87. The summed E-state index contributed by atoms with van der Waals surface area (Å²) in [6.07, 6.45) is -9.49. The van der Waals surface area contributed by atoms with Crippen LogP contribution in [0, 0.1) is 0 Å². The Labute approximate surface area is 199 Å². The van der Waals surface area contributed by atoms with Gasteiger partial charge in [-0.1, -0.05) is 23.2 Å². The Morgan fingerprint density at radius 1 is 1.15 bits per heavy atom. The number of aliphatic hydroxyl groups is 5. The second kappa shape index (κ2) is 10.8. The number of carbonyl (C=O) groups excluding carboxylic acids is 1. The van der Waals surface area contributed by atoms with Crippen molar-refractivity contribution in [1.82, 2.24) is 10.3 Å². The molecule has 0 amide bonds. The number of likely N-dealkylation sites (N-methyl/N-ethyl adjacent to an activating group) is 1. The van der Waals surface area contributed by atoms with Gasteiger partial charge in [0.2, 0.25) is 5.89 Å². The summed E-state index contributed by atoms with van der Waals surface area (Å²) in [7, 11) is 1.12. The number of esters is 1. The van der Waals surface area contributed by atoms with Gasteiger partial charge in [0.05, 0.1) is 12.2 Å². The molecule has 10 nitrogen and oxygen atoms in total. The zero-order valence-corrected chi connectivity index (χ0v) is 18.7. The summed E-state index contributed by atoms with van der Waals surface area (Å²) in [5, 5.41) is 50.3. The van der Waals surface area contributed by atoms with E-state index in [1.807, 2.05) is 0 Å². The molecule has 6 N–H and O–H groups in total. The maximum Gasteiger partial charge on any atom is 0.338 e. The van der Waals surface area contributed by atoms with Gasteiger partial charge in [0, 0.05) is 15.6 Å². The molecule has 0 spiro atoms. The zero-order chi connectivity index (χ0) is 25.2. The van der Waals surface area contributed by atoms with E-state index in [2.05, 4.69) is 4.98 Å². The summed E-state index contributed by atoms with van der Waals surface area (Å²) in [5.41, 5.74) is 1.09. The van der Waals surface area contributed by atoms with E-state index in [0.29, 0.717) is 26.4 Å². The number of halogens is 2. The summed E-state index contributed by atoms with van der Waals surface area (Å²) >= 11 is 12.0. The van der Waals surface area contributed by atoms with E-state index in [4.69, 9.17) is 38.9 Å². The highest BCUT2D eigenvalue weighted by atomic mass is 35.5. The number of nitrogens with zero attached hydrogens (tertiary/aromatic N) is 1. The SMILES string of the molecule is [2H]N(C)C(O)[C@H](OC(=O)c1ccc2nc(-c3cc(Cl)cc(Cl)c3)oc2c1)[C@@H](O)[C@H](O)[C@H](O)CO. The number of carbonyl (C=O) groups is 1. The summed E-state index contributed by atoms with van der Waals surface area (Å²) in [6.45, 7) is -0.895. The number of ether oxygens (including phenoxy) is 1. The molecule has 1 unspecified atom stereocenters. The van der Waals surface area contributed by atoms with Gasteiger partial charge in [0.15, 0.2) is 11.7 Å². The van der Waals surface area contributed by atoms with Crippen LogP contribution in [-0.4, -0.2) is 80.8 Å². The van der Waals surface area contributed by atoms with Gasteiger partial charge < -0.3 is 34.7 Å². The first-order valence-corrected chi connectivity index (χ1v) is 10.4. The Morgan fingerprint density at radius 2 is 1.82 bits per heavy atom. The molecule has 0 aliphatic rings. The highest BCUT2D eigenvalue weighted by molar-refractivity contribution is 6.35. The van der Waals surface area contributed by atoms with Gasteiger partial charge in [-0.05, 0) is 43.4 Å². The number of oxazole rings is 1. The highest BCUT2D eigenvalue weighted by Gasteiger charge is 2.38. The number of hydrogen-bond acceptors (Lipinski definition) is 10. The average molecular weight is 502 g/mol. The molecule has 0 radical (unpaired) electrons. The zero-order valence-electron chi connectivity index (χ0n) is 18.2. The van der Waals surface area contributed by atoms with Gasteiger partial charge in [0.25, 0.3) is 0 Å². The van der Waals surface area contributed by atoms with Gasteiger partial charge in [-0.25, -0.2) is 9.78 Å². The van der Waals surface area contributed by atoms with Crippen molar-refractivity contribution >= 4 is 40.3 Å². The van der Waals surface area contributed by atoms with Crippen molar-refractivity contribution in [3.05, 3.63) is 52.0 Å². The van der Waals surface area contributed by atoms with E-state index in [1.165, 1.54) is 18.2 Å². The van der Waals surface area contributed by atoms with Crippen molar-refractivity contribution in [2.75, 3.05) is 13.7 Å². The molecule has 0 fully saturated rings. The van der Waals surface area contributed by atoms with Crippen LogP contribution in [0.2, 0.25) is 11.5 Å². The highest BCUT2D eigenvalue weighted by Crippen LogP contribution is 2.30. The molecule has 5 atom stereocenters. The molecule has 0 saturated carbocycles. The molecule has 0 aliphatic carbocycles. The van der Waals surface area contributed by atoms with Crippen molar-refractivity contribution < 1.29 is 40.9 Å². The number of benzene rings is 2. The summed E-state index contributed by atoms with van der Waals surface area (Å²) in [6, 6.07) is 8.91. The molecular weight excluding hydrogens is 479 g/mol. The van der Waals surface area contributed by atoms with Crippen molar-refractivity contribution in [1.29, 1.82) is 0 Å². The number of fused-ring (bicyclic) bond motifs is 1. The second-order valence-electron chi connectivity index (χ2n) is 7.13. The fraction of sp³-hybridized carbons (Fsp3) is 0.333. The van der Waals surface area contributed by atoms with Gasteiger partial charge in [-0.3, -0.25) is 5.31 Å². The first-order chi connectivity index (χ1) is 16.0. The van der Waals surface area contributed by atoms with Crippen LogP contribution in [0.1, 0.15) is 10.4 Å². The quantitative estimate of drug-likeness (QED) is 0.183. The Bertz CT molecular complexity index is 1140. The van der Waals surface area contributed by atoms with E-state index in [0.717, 1.165) is 7.05 Å². The lowest BCUT2D eigenvalue weighted by molar-refractivity contribution is -0.146. The molecule has 0 saturated heterocycles. The predicted octanol–water partition coefficient (Wildman–Crippen LogP) is 0.940. The standard InChI is InChI=1S/C21H22Cl2N2O8/c1-24-19(30)18(17(29)16(28)14(27)8-26)33-21(31)9-2-3-13-15(6-9)32-20(25-13)10-4-11(22)7-12(23)5-10/h2-7,14,16-19,24,26-30H,8H2,1H3/t14-,16-,17+,18-,19?/m1/s1/i/hD. The molecule has 0 aliphatic heterocycles. The smallest absolute Gasteiger partial charge is 0.338 e. The predicted molar refractivity (Wildman–Crippen MR) is 119 cm³/mol. The molecule has 0 bridgehead atoms. The van der Waals surface area contributed by atoms with Crippen LogP contribution >= 0.6 is 23.2 Å². The third-order valence-corrected chi connectivity index (χ3v) is 5.24. The van der Waals surface area contributed by atoms with E-state index in [1.54, 1.807) is 18.2 Å². The van der Waals surface area contributed by atoms with Gasteiger partial charge >= 0.3 is 5.97 Å². The Morgan fingerprint density at radius 3 is 2.42 bits per heavy atom. The second-order valence-corrected chi connectivity index (χ2v) is 8.01. The van der Waals surface area contributed by atoms with Gasteiger partial charge in [0.1, 0.15) is 31.5 Å². The van der Waals surface area contributed by atoms with Crippen LogP contribution in [0.15, 0.2) is 40.8 Å². The van der Waals surface area contributed by atoms with Gasteiger partial charge in [-0.2, -0.15) is 0 Å². The minimum absolute atomic E-state index is 0.0476. The first kappa shape index (κ1) is 23.9. The van der Waals surface area contributed by atoms with Crippen LogP contribution in [0.5, 0.6) is 0 Å². The van der Waals surface area contributed by atoms with Gasteiger partial charge in [-0.15, -0.1) is 0 Å². The minimum atomic E-state index is -2.03. The monoisotopic (exact) mass is 501 g/mol. The topological polar surface area (TPSA) is 166 Å². The Kier molecular flexibility index (Phi) is 7.78. The minimum Gasteiger partial charge on any atom is -0.452 e. The number of hydrogen-bond donors (Lipinski definition) is 6. The van der Waals surface area contributed by atoms with Crippen molar-refractivity contribution in [2.45, 2.75) is 30.6 Å². The lowest BCUT2D eigenvalue weighted by atomic mass is 10.0. The molecular formula is C21H22Cl2N2O8. The lowest BCUT2D eigenvalue weighted by Gasteiger charge is -2.31. The number of aliphatic hydroxyl groups excluding tert-OH is 5. The largest absolute Gasteiger partial charge is 0.452 e. The van der Waals surface area contributed by atoms with Crippen molar-refractivity contribution in [3.63, 3.8) is 0 Å². The summed E-state index contributed by atoms with van der Waals surface area (Å²) in [5.74, 6) is -0.827. The molecule has 3 rings (SSSR count). The number of nitrogens with one attached hydrogen (secondary N) is 1. The first-order valence-electron chi connectivity index (χ1n) is 10.1. The third-order valence-electron chi connectivity index (χ3n) is 4.80. The maximum atomic E-state index is 12.7. The summed E-state index contributed by atoms with van der Waals surface area (Å²) < 4.78 is 18.4. The van der Waals surface area contributed by atoms with Crippen LogP contribution in [0.25, 0.3) is 22.6 Å². The Hall–Kier alpha value is -2.28. The molecule has 33 heavy (non-hydrogen) atoms. The normalized spacial score (nSPS) is 16.8. The molecule has 1 heterocycles. The van der Waals surface area contributed by atoms with Crippen LogP contribution in [0.3, 0.4) is 0 Å². The van der Waals surface area contributed by atoms with Crippen molar-refractivity contribution in [3.8, 4) is 11.5 Å².